The number of methoxy groups -OCH3 is 1. The van der Waals surface area contributed by atoms with E-state index in [1.165, 1.54) is 55.6 Å². The van der Waals surface area contributed by atoms with Gasteiger partial charge in [-0.05, 0) is 86.6 Å². The third-order valence-corrected chi connectivity index (χ3v) is 6.61. The maximum atomic E-state index is 14.3. The van der Waals surface area contributed by atoms with Gasteiger partial charge >= 0.3 is 12.1 Å². The number of alkyl halides is 3. The lowest BCUT2D eigenvalue weighted by atomic mass is 10.1. The zero-order valence-electron chi connectivity index (χ0n) is 23.2. The molecule has 0 fully saturated rings. The second-order valence-electron chi connectivity index (χ2n) is 9.46. The zero-order chi connectivity index (χ0) is 30.4. The number of esters is 1. The van der Waals surface area contributed by atoms with Gasteiger partial charge in [-0.3, -0.25) is 9.69 Å². The molecule has 0 aliphatic carbocycles. The first-order chi connectivity index (χ1) is 20.0. The molecular weight excluding hydrogens is 575 g/mol. The Hall–Kier alpha value is -4.02. The van der Waals surface area contributed by atoms with E-state index in [4.69, 9.17) is 30.2 Å². The van der Waals surface area contributed by atoms with Crippen LogP contribution in [-0.2, 0) is 12.7 Å². The number of hydrogen-bond acceptors (Lipinski definition) is 7. The third-order valence-electron chi connectivity index (χ3n) is 6.36. The number of benzene rings is 3. The van der Waals surface area contributed by atoms with Gasteiger partial charge in [0.1, 0.15) is 22.8 Å². The highest BCUT2D eigenvalue weighted by Gasteiger charge is 2.41. The summed E-state index contributed by atoms with van der Waals surface area (Å²) >= 11 is 5.87. The molecule has 0 aliphatic heterocycles. The minimum absolute atomic E-state index is 0.0248. The van der Waals surface area contributed by atoms with Crippen LogP contribution in [-0.4, -0.2) is 31.1 Å². The summed E-state index contributed by atoms with van der Waals surface area (Å²) in [6.07, 6.45) is -3.54. The first-order valence-electron chi connectivity index (χ1n) is 13.3. The molecule has 4 aromatic rings. The Bertz CT molecular complexity index is 1600. The first kappa shape index (κ1) is 30.9. The van der Waals surface area contributed by atoms with Crippen LogP contribution in [0.5, 0.6) is 23.0 Å². The molecule has 0 radical (unpaired) electrons. The van der Waals surface area contributed by atoms with Gasteiger partial charge in [0.05, 0.1) is 23.6 Å². The van der Waals surface area contributed by atoms with Crippen LogP contribution >= 0.6 is 11.6 Å². The summed E-state index contributed by atoms with van der Waals surface area (Å²) in [5, 5.41) is 0.188. The SMILES string of the molecule is CCCN(CCC)Cc1c(OC(=O)c2ccc(OC)cc2)ccc2c(=O)c(Oc3ccc(Cl)cc3)c(C(F)(F)F)oc12. The van der Waals surface area contributed by atoms with E-state index >= 15 is 0 Å². The van der Waals surface area contributed by atoms with Crippen molar-refractivity contribution in [3.63, 3.8) is 0 Å². The van der Waals surface area contributed by atoms with Crippen molar-refractivity contribution in [3.05, 3.63) is 92.8 Å². The van der Waals surface area contributed by atoms with E-state index in [0.717, 1.165) is 12.8 Å². The molecule has 0 bridgehead atoms. The van der Waals surface area contributed by atoms with Crippen LogP contribution in [0.4, 0.5) is 13.2 Å². The zero-order valence-corrected chi connectivity index (χ0v) is 24.0. The second kappa shape index (κ2) is 13.3. The van der Waals surface area contributed by atoms with Crippen molar-refractivity contribution in [1.82, 2.24) is 4.90 Å². The number of fused-ring (bicyclic) bond motifs is 1. The molecule has 0 N–H and O–H groups in total. The number of halogens is 4. The van der Waals surface area contributed by atoms with Crippen LogP contribution in [0.1, 0.15) is 48.4 Å². The van der Waals surface area contributed by atoms with E-state index in [1.54, 1.807) is 12.1 Å². The highest BCUT2D eigenvalue weighted by molar-refractivity contribution is 6.30. The number of ether oxygens (including phenoxy) is 3. The topological polar surface area (TPSA) is 78.2 Å². The molecule has 42 heavy (non-hydrogen) atoms. The summed E-state index contributed by atoms with van der Waals surface area (Å²) in [6.45, 7) is 5.24. The molecule has 1 heterocycles. The maximum absolute atomic E-state index is 14.3. The molecule has 0 spiro atoms. The number of rotatable bonds is 11. The van der Waals surface area contributed by atoms with Gasteiger partial charge in [-0.2, -0.15) is 13.2 Å². The van der Waals surface area contributed by atoms with Gasteiger partial charge in [0.15, 0.2) is 0 Å². The molecule has 0 saturated carbocycles. The Morgan fingerprint density at radius 2 is 1.55 bits per heavy atom. The van der Waals surface area contributed by atoms with E-state index in [2.05, 4.69) is 0 Å². The summed E-state index contributed by atoms with van der Waals surface area (Å²) in [6, 6.07) is 14.3. The fourth-order valence-electron chi connectivity index (χ4n) is 4.44. The van der Waals surface area contributed by atoms with Gasteiger partial charge in [0.2, 0.25) is 11.2 Å². The van der Waals surface area contributed by atoms with E-state index in [0.29, 0.717) is 23.9 Å². The lowest BCUT2D eigenvalue weighted by molar-refractivity contribution is -0.154. The summed E-state index contributed by atoms with van der Waals surface area (Å²) in [5.74, 6) is -2.87. The number of carbonyl (C=O) groups is 1. The molecule has 222 valence electrons. The molecule has 0 atom stereocenters. The molecule has 11 heteroatoms. The van der Waals surface area contributed by atoms with Crippen molar-refractivity contribution in [3.8, 4) is 23.0 Å². The summed E-state index contributed by atoms with van der Waals surface area (Å²) in [7, 11) is 1.49. The summed E-state index contributed by atoms with van der Waals surface area (Å²) in [5.41, 5.74) is -1.03. The van der Waals surface area contributed by atoms with Crippen molar-refractivity contribution in [1.29, 1.82) is 0 Å². The molecule has 0 unspecified atom stereocenters. The molecule has 3 aromatic carbocycles. The quantitative estimate of drug-likeness (QED) is 0.127. The number of nitrogens with zero attached hydrogens (tertiary/aromatic N) is 1. The molecule has 0 saturated heterocycles. The van der Waals surface area contributed by atoms with Crippen LogP contribution in [0.2, 0.25) is 5.02 Å². The van der Waals surface area contributed by atoms with Crippen LogP contribution in [0.15, 0.2) is 69.9 Å². The molecule has 1 aromatic heterocycles. The predicted molar refractivity (Wildman–Crippen MR) is 153 cm³/mol. The molecule has 7 nitrogen and oxygen atoms in total. The van der Waals surface area contributed by atoms with Gasteiger partial charge in [-0.1, -0.05) is 25.4 Å². The van der Waals surface area contributed by atoms with E-state index in [-0.39, 0.29) is 40.1 Å². The Morgan fingerprint density at radius 3 is 2.12 bits per heavy atom. The van der Waals surface area contributed by atoms with Crippen molar-refractivity contribution >= 4 is 28.5 Å². The Kier molecular flexibility index (Phi) is 9.80. The average Bonchev–Trinajstić information content (AvgIpc) is 2.96. The smallest absolute Gasteiger partial charge is 0.453 e. The van der Waals surface area contributed by atoms with Gasteiger partial charge in [0, 0.05) is 11.6 Å². The van der Waals surface area contributed by atoms with Crippen LogP contribution in [0, 0.1) is 0 Å². The Balaban J connectivity index is 1.89. The van der Waals surface area contributed by atoms with Gasteiger partial charge in [0.25, 0.3) is 5.76 Å². The second-order valence-corrected chi connectivity index (χ2v) is 9.89. The van der Waals surface area contributed by atoms with Gasteiger partial charge < -0.3 is 18.6 Å². The van der Waals surface area contributed by atoms with E-state index in [9.17, 15) is 22.8 Å². The van der Waals surface area contributed by atoms with E-state index < -0.39 is 29.1 Å². The minimum atomic E-state index is -5.07. The summed E-state index contributed by atoms with van der Waals surface area (Å²) < 4.78 is 64.6. The normalized spacial score (nSPS) is 11.6. The van der Waals surface area contributed by atoms with Crippen molar-refractivity contribution in [2.75, 3.05) is 20.2 Å². The van der Waals surface area contributed by atoms with Gasteiger partial charge in [-0.25, -0.2) is 4.79 Å². The van der Waals surface area contributed by atoms with Crippen LogP contribution in [0.3, 0.4) is 0 Å². The largest absolute Gasteiger partial charge is 0.497 e. The van der Waals surface area contributed by atoms with Crippen LogP contribution < -0.4 is 19.6 Å². The fraction of sp³-hybridized carbons (Fsp3) is 0.290. The maximum Gasteiger partial charge on any atom is 0.453 e. The van der Waals surface area contributed by atoms with Crippen molar-refractivity contribution < 1.29 is 36.6 Å². The highest BCUT2D eigenvalue weighted by atomic mass is 35.5. The molecule has 4 rings (SSSR count). The average molecular weight is 604 g/mol. The van der Waals surface area contributed by atoms with Gasteiger partial charge in [-0.15, -0.1) is 0 Å². The first-order valence-corrected chi connectivity index (χ1v) is 13.6. The lowest BCUT2D eigenvalue weighted by Crippen LogP contribution is -2.26. The minimum Gasteiger partial charge on any atom is -0.497 e. The Morgan fingerprint density at radius 1 is 0.929 bits per heavy atom. The predicted octanol–water partition coefficient (Wildman–Crippen LogP) is 8.11. The molecule has 0 aliphatic rings. The molecular formula is C31H29ClF3NO6. The van der Waals surface area contributed by atoms with Crippen molar-refractivity contribution in [2.45, 2.75) is 39.4 Å². The third kappa shape index (κ3) is 7.06. The lowest BCUT2D eigenvalue weighted by Gasteiger charge is -2.23. The summed E-state index contributed by atoms with van der Waals surface area (Å²) in [4.78, 5) is 28.6. The standard InChI is InChI=1S/C31H29ClF3NO6/c1-4-16-36(17-5-2)18-24-25(41-30(38)19-6-10-21(39-3)11-7-19)15-14-23-26(37)28(29(31(33,34)35)42-27(23)24)40-22-12-8-20(32)9-13-22/h6-15H,4-5,16-18H2,1-3H3. The van der Waals surface area contributed by atoms with Crippen molar-refractivity contribution in [2.24, 2.45) is 0 Å². The highest BCUT2D eigenvalue weighted by Crippen LogP contribution is 2.40. The molecule has 0 amide bonds. The number of hydrogen-bond donors (Lipinski definition) is 0. The van der Waals surface area contributed by atoms with E-state index in [1.807, 2.05) is 18.7 Å². The fourth-order valence-corrected chi connectivity index (χ4v) is 4.56. The monoisotopic (exact) mass is 603 g/mol. The van der Waals surface area contributed by atoms with Crippen LogP contribution in [0.25, 0.3) is 11.0 Å². The Labute approximate surface area is 245 Å². The number of carbonyl (C=O) groups excluding carboxylic acids is 1.